The van der Waals surface area contributed by atoms with Crippen LogP contribution in [0.4, 0.5) is 18.9 Å². The van der Waals surface area contributed by atoms with Crippen molar-refractivity contribution in [3.05, 3.63) is 60.3 Å². The first-order valence-electron chi connectivity index (χ1n) is 6.49. The number of nitrogens with zero attached hydrogens (tertiary/aromatic N) is 1. The van der Waals surface area contributed by atoms with Gasteiger partial charge in [-0.1, -0.05) is 0 Å². The first kappa shape index (κ1) is 15.4. The summed E-state index contributed by atoms with van der Waals surface area (Å²) >= 11 is 0. The van der Waals surface area contributed by atoms with E-state index >= 15 is 0 Å². The molecular formula is C15H11F3N2O2S. The van der Waals surface area contributed by atoms with Crippen LogP contribution in [0.5, 0.6) is 0 Å². The summed E-state index contributed by atoms with van der Waals surface area (Å²) < 4.78 is 63.9. The molecule has 3 aromatic rings. The van der Waals surface area contributed by atoms with Crippen LogP contribution in [0, 0.1) is 0 Å². The van der Waals surface area contributed by atoms with E-state index in [2.05, 4.69) is 0 Å². The molecule has 0 amide bonds. The lowest BCUT2D eigenvalue weighted by atomic mass is 10.2. The number of hydrogen-bond acceptors (Lipinski definition) is 3. The zero-order chi connectivity index (χ0) is 16.8. The number of alkyl halides is 3. The van der Waals surface area contributed by atoms with Crippen molar-refractivity contribution in [2.45, 2.75) is 11.1 Å². The molecule has 0 radical (unpaired) electrons. The molecule has 0 bridgehead atoms. The Morgan fingerprint density at radius 2 is 1.61 bits per heavy atom. The van der Waals surface area contributed by atoms with E-state index in [0.717, 1.165) is 28.2 Å². The van der Waals surface area contributed by atoms with Gasteiger partial charge < -0.3 is 5.73 Å². The third kappa shape index (κ3) is 2.65. The van der Waals surface area contributed by atoms with Gasteiger partial charge in [0.25, 0.3) is 10.0 Å². The number of halogens is 3. The molecule has 0 aliphatic carbocycles. The number of aromatic nitrogens is 1. The Kier molecular flexibility index (Phi) is 3.36. The maximum Gasteiger partial charge on any atom is 0.416 e. The molecule has 1 heterocycles. The minimum absolute atomic E-state index is 0.222. The standard InChI is InChI=1S/C15H11F3N2O2S/c16-15(17,18)11-1-4-13(5-2-11)23(21,22)20-8-7-10-9-12(19)3-6-14(10)20/h1-9H,19H2. The van der Waals surface area contributed by atoms with Crippen LogP contribution in [0.25, 0.3) is 10.9 Å². The van der Waals surface area contributed by atoms with Crippen molar-refractivity contribution in [1.82, 2.24) is 3.97 Å². The molecule has 0 fully saturated rings. The largest absolute Gasteiger partial charge is 0.416 e. The Labute approximate surface area is 130 Å². The van der Waals surface area contributed by atoms with Crippen molar-refractivity contribution in [3.63, 3.8) is 0 Å². The van der Waals surface area contributed by atoms with Crippen LogP contribution in [0.2, 0.25) is 0 Å². The molecule has 0 saturated carbocycles. The van der Waals surface area contributed by atoms with Gasteiger partial charge in [0.2, 0.25) is 0 Å². The fraction of sp³-hybridized carbons (Fsp3) is 0.0667. The van der Waals surface area contributed by atoms with E-state index in [0.29, 0.717) is 16.6 Å². The number of anilines is 1. The third-order valence-corrected chi connectivity index (χ3v) is 5.12. The van der Waals surface area contributed by atoms with Crippen molar-refractivity contribution in [1.29, 1.82) is 0 Å². The predicted molar refractivity (Wildman–Crippen MR) is 80.4 cm³/mol. The summed E-state index contributed by atoms with van der Waals surface area (Å²) in [5, 5.41) is 0.625. The minimum atomic E-state index is -4.51. The van der Waals surface area contributed by atoms with Gasteiger partial charge in [-0.2, -0.15) is 13.2 Å². The predicted octanol–water partition coefficient (Wildman–Crippen LogP) is 3.48. The Hall–Kier alpha value is -2.48. The Balaban J connectivity index is 2.10. The normalized spacial score (nSPS) is 12.7. The minimum Gasteiger partial charge on any atom is -0.399 e. The van der Waals surface area contributed by atoms with E-state index in [-0.39, 0.29) is 4.90 Å². The summed E-state index contributed by atoms with van der Waals surface area (Å²) in [5.74, 6) is 0. The molecule has 0 unspecified atom stereocenters. The first-order chi connectivity index (χ1) is 10.7. The average Bonchev–Trinajstić information content (AvgIpc) is 2.90. The molecule has 0 aliphatic heterocycles. The number of benzene rings is 2. The number of hydrogen-bond donors (Lipinski definition) is 1. The van der Waals surface area contributed by atoms with E-state index in [1.165, 1.54) is 6.20 Å². The van der Waals surface area contributed by atoms with Crippen LogP contribution in [-0.4, -0.2) is 12.4 Å². The molecule has 3 rings (SSSR count). The van der Waals surface area contributed by atoms with Gasteiger partial charge in [0.05, 0.1) is 16.0 Å². The molecule has 2 aromatic carbocycles. The van der Waals surface area contributed by atoms with Gasteiger partial charge in [-0.15, -0.1) is 0 Å². The fourth-order valence-corrected chi connectivity index (χ4v) is 3.63. The number of nitrogen functional groups attached to an aromatic ring is 1. The molecule has 8 heteroatoms. The lowest BCUT2D eigenvalue weighted by Crippen LogP contribution is -2.12. The zero-order valence-electron chi connectivity index (χ0n) is 11.6. The quantitative estimate of drug-likeness (QED) is 0.727. The lowest BCUT2D eigenvalue weighted by Gasteiger charge is -2.10. The molecule has 23 heavy (non-hydrogen) atoms. The van der Waals surface area contributed by atoms with Crippen LogP contribution in [0.1, 0.15) is 5.56 Å². The maximum atomic E-state index is 12.6. The SMILES string of the molecule is Nc1ccc2c(ccn2S(=O)(=O)c2ccc(C(F)(F)F)cc2)c1. The summed E-state index contributed by atoms with van der Waals surface area (Å²) in [6.07, 6.45) is -3.17. The smallest absolute Gasteiger partial charge is 0.399 e. The summed E-state index contributed by atoms with van der Waals surface area (Å²) in [5.41, 5.74) is 5.63. The van der Waals surface area contributed by atoms with Gasteiger partial charge in [0.15, 0.2) is 0 Å². The molecule has 2 N–H and O–H groups in total. The van der Waals surface area contributed by atoms with Gasteiger partial charge in [-0.05, 0) is 48.5 Å². The number of fused-ring (bicyclic) bond motifs is 1. The number of rotatable bonds is 2. The average molecular weight is 340 g/mol. The highest BCUT2D eigenvalue weighted by Crippen LogP contribution is 2.30. The van der Waals surface area contributed by atoms with E-state index in [1.807, 2.05) is 0 Å². The summed E-state index contributed by atoms with van der Waals surface area (Å²) in [6.45, 7) is 0. The molecule has 0 spiro atoms. The van der Waals surface area contributed by atoms with E-state index in [9.17, 15) is 21.6 Å². The molecule has 0 atom stereocenters. The topological polar surface area (TPSA) is 65.1 Å². The highest BCUT2D eigenvalue weighted by atomic mass is 32.2. The van der Waals surface area contributed by atoms with Crippen molar-refractivity contribution in [2.75, 3.05) is 5.73 Å². The molecule has 0 aliphatic rings. The van der Waals surface area contributed by atoms with Crippen LogP contribution in [-0.2, 0) is 16.2 Å². The van der Waals surface area contributed by atoms with Gasteiger partial charge in [0.1, 0.15) is 0 Å². The van der Waals surface area contributed by atoms with Crippen LogP contribution in [0.15, 0.2) is 59.6 Å². The highest BCUT2D eigenvalue weighted by molar-refractivity contribution is 7.90. The van der Waals surface area contributed by atoms with Crippen molar-refractivity contribution < 1.29 is 21.6 Å². The molecule has 1 aromatic heterocycles. The second-order valence-corrected chi connectivity index (χ2v) is 6.77. The van der Waals surface area contributed by atoms with Crippen molar-refractivity contribution in [2.24, 2.45) is 0 Å². The second-order valence-electron chi connectivity index (χ2n) is 4.96. The third-order valence-electron chi connectivity index (χ3n) is 3.42. The van der Waals surface area contributed by atoms with Crippen LogP contribution < -0.4 is 5.73 Å². The van der Waals surface area contributed by atoms with Gasteiger partial charge in [-0.25, -0.2) is 12.4 Å². The van der Waals surface area contributed by atoms with Gasteiger partial charge in [0, 0.05) is 17.3 Å². The molecule has 4 nitrogen and oxygen atoms in total. The molecule has 0 saturated heterocycles. The van der Waals surface area contributed by atoms with Crippen molar-refractivity contribution >= 4 is 26.6 Å². The molecular weight excluding hydrogens is 329 g/mol. The fourth-order valence-electron chi connectivity index (χ4n) is 2.27. The zero-order valence-corrected chi connectivity index (χ0v) is 12.4. The lowest BCUT2D eigenvalue weighted by molar-refractivity contribution is -0.137. The Morgan fingerprint density at radius 3 is 2.22 bits per heavy atom. The maximum absolute atomic E-state index is 12.6. The highest BCUT2D eigenvalue weighted by Gasteiger charge is 2.31. The summed E-state index contributed by atoms with van der Waals surface area (Å²) in [7, 11) is -3.99. The van der Waals surface area contributed by atoms with E-state index < -0.39 is 21.8 Å². The van der Waals surface area contributed by atoms with E-state index in [1.54, 1.807) is 24.3 Å². The second kappa shape index (κ2) is 5.02. The molecule has 120 valence electrons. The van der Waals surface area contributed by atoms with Crippen molar-refractivity contribution in [3.8, 4) is 0 Å². The summed E-state index contributed by atoms with van der Waals surface area (Å²) in [4.78, 5) is -0.222. The van der Waals surface area contributed by atoms with Crippen LogP contribution in [0.3, 0.4) is 0 Å². The first-order valence-corrected chi connectivity index (χ1v) is 7.93. The van der Waals surface area contributed by atoms with Crippen LogP contribution >= 0.6 is 0 Å². The van der Waals surface area contributed by atoms with Gasteiger partial charge >= 0.3 is 6.18 Å². The van der Waals surface area contributed by atoms with Gasteiger partial charge in [-0.3, -0.25) is 0 Å². The monoisotopic (exact) mass is 340 g/mol. The Bertz CT molecular complexity index is 974. The number of nitrogens with two attached hydrogens (primary N) is 1. The summed E-state index contributed by atoms with van der Waals surface area (Å²) in [6, 6.07) is 9.69. The van der Waals surface area contributed by atoms with E-state index in [4.69, 9.17) is 5.73 Å². The Morgan fingerprint density at radius 1 is 0.957 bits per heavy atom.